The number of nitrogens with zero attached hydrogens (tertiary/aromatic N) is 2. The zero-order valence-corrected chi connectivity index (χ0v) is 17.8. The van der Waals surface area contributed by atoms with Crippen LogP contribution in [0.2, 0.25) is 0 Å². The first-order chi connectivity index (χ1) is 15.1. The maximum atomic E-state index is 12.8. The fraction of sp³-hybridized carbons (Fsp3) is 0.227. The molecule has 166 valence electrons. The molecular weight excluding hydrogens is 445 g/mol. The quantitative estimate of drug-likeness (QED) is 0.390. The van der Waals surface area contributed by atoms with Crippen LogP contribution in [-0.2, 0) is 24.0 Å². The van der Waals surface area contributed by atoms with Gasteiger partial charge in [0.05, 0.1) is 16.1 Å². The summed E-state index contributed by atoms with van der Waals surface area (Å²) in [7, 11) is 0. The number of carboxylic acids is 1. The summed E-state index contributed by atoms with van der Waals surface area (Å²) in [6.45, 7) is 3.85. The number of aromatic nitrogens is 2. The van der Waals surface area contributed by atoms with E-state index in [1.807, 2.05) is 13.8 Å². The lowest BCUT2D eigenvalue weighted by atomic mass is 10.1. The van der Waals surface area contributed by atoms with Crippen LogP contribution in [0.1, 0.15) is 27.6 Å². The lowest BCUT2D eigenvalue weighted by Crippen LogP contribution is -2.03. The highest BCUT2D eigenvalue weighted by Gasteiger charge is 2.30. The number of oxazole rings is 1. The molecule has 0 fully saturated rings. The van der Waals surface area contributed by atoms with Crippen LogP contribution >= 0.6 is 11.3 Å². The van der Waals surface area contributed by atoms with Gasteiger partial charge in [0, 0.05) is 11.6 Å². The average Bonchev–Trinajstić information content (AvgIpc) is 3.28. The van der Waals surface area contributed by atoms with E-state index >= 15 is 0 Å². The maximum absolute atomic E-state index is 12.8. The molecule has 2 aromatic carbocycles. The molecule has 0 atom stereocenters. The van der Waals surface area contributed by atoms with Crippen molar-refractivity contribution in [2.75, 3.05) is 0 Å². The second kappa shape index (κ2) is 8.27. The van der Waals surface area contributed by atoms with E-state index in [1.54, 1.807) is 12.1 Å². The fourth-order valence-corrected chi connectivity index (χ4v) is 4.12. The van der Waals surface area contributed by atoms with E-state index in [0.29, 0.717) is 27.4 Å². The maximum Gasteiger partial charge on any atom is 0.416 e. The number of aliphatic carboxylic acids is 1. The highest BCUT2D eigenvalue weighted by molar-refractivity contribution is 7.15. The van der Waals surface area contributed by atoms with Crippen molar-refractivity contribution in [3.63, 3.8) is 0 Å². The number of carbonyl (C=O) groups is 1. The number of alkyl halides is 3. The van der Waals surface area contributed by atoms with Crippen LogP contribution in [0.25, 0.3) is 21.7 Å². The Labute approximate surface area is 184 Å². The highest BCUT2D eigenvalue weighted by Crippen LogP contribution is 2.33. The largest absolute Gasteiger partial charge is 0.488 e. The minimum atomic E-state index is -4.38. The van der Waals surface area contributed by atoms with E-state index in [2.05, 4.69) is 9.97 Å². The smallest absolute Gasteiger partial charge is 0.416 e. The Balaban J connectivity index is 1.51. The molecule has 0 amide bonds. The second-order valence-corrected chi connectivity index (χ2v) is 8.24. The van der Waals surface area contributed by atoms with E-state index in [4.69, 9.17) is 14.3 Å². The molecule has 1 N–H and O–H groups in total. The monoisotopic (exact) mass is 462 g/mol. The van der Waals surface area contributed by atoms with E-state index in [0.717, 1.165) is 28.3 Å². The Morgan fingerprint density at radius 2 is 1.88 bits per heavy atom. The van der Waals surface area contributed by atoms with Crippen LogP contribution in [0, 0.1) is 13.8 Å². The average molecular weight is 462 g/mol. The Hall–Kier alpha value is -3.40. The van der Waals surface area contributed by atoms with Gasteiger partial charge in [0.1, 0.15) is 29.3 Å². The number of benzene rings is 2. The SMILES string of the molecule is Cc1nc(-c2ccc(C(F)(F)F)cc2)sc1COc1cc(C)c2nc(CC(=O)O)oc2c1. The third kappa shape index (κ3) is 4.59. The number of carboxylic acid groups (broad SMARTS) is 1. The molecule has 0 saturated heterocycles. The Morgan fingerprint density at radius 1 is 1.16 bits per heavy atom. The molecule has 0 aliphatic heterocycles. The lowest BCUT2D eigenvalue weighted by Gasteiger charge is -2.06. The summed E-state index contributed by atoms with van der Waals surface area (Å²) in [5, 5.41) is 9.51. The van der Waals surface area contributed by atoms with E-state index in [-0.39, 0.29) is 18.9 Å². The third-order valence-corrected chi connectivity index (χ3v) is 5.91. The van der Waals surface area contributed by atoms with Gasteiger partial charge >= 0.3 is 12.1 Å². The predicted molar refractivity (Wildman–Crippen MR) is 112 cm³/mol. The first kappa shape index (κ1) is 21.8. The Morgan fingerprint density at radius 3 is 2.53 bits per heavy atom. The van der Waals surface area contributed by atoms with Crippen LogP contribution in [0.15, 0.2) is 40.8 Å². The van der Waals surface area contributed by atoms with Gasteiger partial charge in [0.2, 0.25) is 5.89 Å². The van der Waals surface area contributed by atoms with Gasteiger partial charge in [-0.3, -0.25) is 4.79 Å². The van der Waals surface area contributed by atoms with Crippen molar-refractivity contribution < 1.29 is 32.2 Å². The Kier molecular flexibility index (Phi) is 5.64. The number of hydrogen-bond acceptors (Lipinski definition) is 6. The van der Waals surface area contributed by atoms with E-state index < -0.39 is 17.7 Å². The van der Waals surface area contributed by atoms with Crippen molar-refractivity contribution in [3.8, 4) is 16.3 Å². The number of thiazole rings is 1. The van der Waals surface area contributed by atoms with Crippen LogP contribution in [0.4, 0.5) is 13.2 Å². The van der Waals surface area contributed by atoms with Gasteiger partial charge in [-0.2, -0.15) is 13.2 Å². The van der Waals surface area contributed by atoms with Gasteiger partial charge in [0.25, 0.3) is 0 Å². The number of halogens is 3. The normalized spacial score (nSPS) is 11.8. The fourth-order valence-electron chi connectivity index (χ4n) is 3.14. The summed E-state index contributed by atoms with van der Waals surface area (Å²) >= 11 is 1.35. The summed E-state index contributed by atoms with van der Waals surface area (Å²) in [4.78, 5) is 20.4. The summed E-state index contributed by atoms with van der Waals surface area (Å²) < 4.78 is 49.7. The van der Waals surface area contributed by atoms with Gasteiger partial charge < -0.3 is 14.3 Å². The standard InChI is InChI=1S/C22H17F3N2O4S/c1-11-7-15(8-16-20(11)27-18(31-16)9-19(28)29)30-10-17-12(2)26-21(32-17)13-3-5-14(6-4-13)22(23,24)25/h3-8H,9-10H2,1-2H3,(H,28,29). The van der Waals surface area contributed by atoms with E-state index in [9.17, 15) is 18.0 Å². The van der Waals surface area contributed by atoms with Gasteiger partial charge in [0.15, 0.2) is 5.58 Å². The first-order valence-corrected chi connectivity index (χ1v) is 10.3. The van der Waals surface area contributed by atoms with Crippen molar-refractivity contribution in [3.05, 3.63) is 64.0 Å². The molecule has 0 radical (unpaired) electrons. The first-order valence-electron chi connectivity index (χ1n) is 9.49. The van der Waals surface area contributed by atoms with E-state index in [1.165, 1.54) is 23.5 Å². The number of fused-ring (bicyclic) bond motifs is 1. The predicted octanol–water partition coefficient (Wildman–Crippen LogP) is 5.79. The molecule has 0 bridgehead atoms. The molecule has 0 unspecified atom stereocenters. The molecule has 0 spiro atoms. The second-order valence-electron chi connectivity index (χ2n) is 7.16. The zero-order valence-electron chi connectivity index (χ0n) is 17.0. The number of ether oxygens (including phenoxy) is 1. The Bertz CT molecular complexity index is 1290. The highest BCUT2D eigenvalue weighted by atomic mass is 32.1. The summed E-state index contributed by atoms with van der Waals surface area (Å²) in [5.74, 6) is -0.389. The summed E-state index contributed by atoms with van der Waals surface area (Å²) in [6, 6.07) is 8.31. The third-order valence-electron chi connectivity index (χ3n) is 4.73. The van der Waals surface area contributed by atoms with Crippen LogP contribution in [0.3, 0.4) is 0 Å². The van der Waals surface area contributed by atoms with Crippen LogP contribution < -0.4 is 4.74 Å². The van der Waals surface area contributed by atoms with Crippen molar-refractivity contribution >= 4 is 28.4 Å². The summed E-state index contributed by atoms with van der Waals surface area (Å²) in [6.07, 6.45) is -4.69. The van der Waals surface area contributed by atoms with Gasteiger partial charge in [-0.25, -0.2) is 9.97 Å². The number of aryl methyl sites for hydroxylation is 2. The molecule has 6 nitrogen and oxygen atoms in total. The van der Waals surface area contributed by atoms with Crippen LogP contribution in [0.5, 0.6) is 5.75 Å². The molecule has 4 rings (SSSR count). The number of rotatable bonds is 6. The van der Waals surface area contributed by atoms with Crippen molar-refractivity contribution in [2.24, 2.45) is 0 Å². The molecule has 0 saturated carbocycles. The van der Waals surface area contributed by atoms with Crippen molar-refractivity contribution in [1.82, 2.24) is 9.97 Å². The molecule has 2 heterocycles. The topological polar surface area (TPSA) is 85.5 Å². The summed E-state index contributed by atoms with van der Waals surface area (Å²) in [5.41, 5.74) is 2.41. The minimum absolute atomic E-state index is 0.118. The molecule has 32 heavy (non-hydrogen) atoms. The molecule has 10 heteroatoms. The van der Waals surface area contributed by atoms with Crippen LogP contribution in [-0.4, -0.2) is 21.0 Å². The number of hydrogen-bond donors (Lipinski definition) is 1. The van der Waals surface area contributed by atoms with Crippen molar-refractivity contribution in [2.45, 2.75) is 33.1 Å². The zero-order chi connectivity index (χ0) is 23.0. The minimum Gasteiger partial charge on any atom is -0.488 e. The molecule has 0 aliphatic rings. The molecule has 4 aromatic rings. The molecule has 0 aliphatic carbocycles. The molecular formula is C22H17F3N2O4S. The van der Waals surface area contributed by atoms with Gasteiger partial charge in [-0.1, -0.05) is 12.1 Å². The van der Waals surface area contributed by atoms with Gasteiger partial charge in [-0.05, 0) is 37.6 Å². The lowest BCUT2D eigenvalue weighted by molar-refractivity contribution is -0.138. The van der Waals surface area contributed by atoms with Crippen molar-refractivity contribution in [1.29, 1.82) is 0 Å². The molecule has 2 aromatic heterocycles. The van der Waals surface area contributed by atoms with Gasteiger partial charge in [-0.15, -0.1) is 11.3 Å².